The molecule has 12 heteroatoms. The zero-order chi connectivity index (χ0) is 26.0. The van der Waals surface area contributed by atoms with Crippen LogP contribution in [0.3, 0.4) is 0 Å². The highest BCUT2D eigenvalue weighted by atomic mass is 19.1. The van der Waals surface area contributed by atoms with Crippen molar-refractivity contribution in [3.63, 3.8) is 0 Å². The number of hydrogen-bond acceptors (Lipinski definition) is 7. The van der Waals surface area contributed by atoms with Gasteiger partial charge in [-0.1, -0.05) is 13.8 Å². The van der Waals surface area contributed by atoms with E-state index in [1.807, 2.05) is 27.0 Å². The van der Waals surface area contributed by atoms with Crippen molar-refractivity contribution in [2.75, 3.05) is 25.1 Å². The Morgan fingerprint density at radius 2 is 2.00 bits per heavy atom. The van der Waals surface area contributed by atoms with Gasteiger partial charge in [0.05, 0.1) is 54.3 Å². The zero-order valence-corrected chi connectivity index (χ0v) is 20.6. The molecule has 1 saturated heterocycles. The fraction of sp³-hybridized carbons (Fsp3) is 0.500. The average molecular weight is 496 g/mol. The van der Waals surface area contributed by atoms with E-state index in [1.165, 1.54) is 15.6 Å². The molecule has 1 saturated carbocycles. The second-order valence-corrected chi connectivity index (χ2v) is 8.85. The van der Waals surface area contributed by atoms with Crippen LogP contribution in [0.2, 0.25) is 0 Å². The number of aryl methyl sites for hydroxylation is 1. The monoisotopic (exact) mass is 495 g/mol. The Hall–Kier alpha value is -4.01. The third-order valence-corrected chi connectivity index (χ3v) is 6.64. The summed E-state index contributed by atoms with van der Waals surface area (Å²) in [6, 6.07) is 1.61. The van der Waals surface area contributed by atoms with E-state index in [0.29, 0.717) is 36.4 Å². The van der Waals surface area contributed by atoms with Gasteiger partial charge in [0.15, 0.2) is 5.65 Å². The Kier molecular flexibility index (Phi) is 6.92. The van der Waals surface area contributed by atoms with E-state index in [9.17, 15) is 19.2 Å². The van der Waals surface area contributed by atoms with Crippen molar-refractivity contribution in [3.05, 3.63) is 30.4 Å². The largest absolute Gasteiger partial charge is 0.376 e. The lowest BCUT2D eigenvalue weighted by atomic mass is 10.0. The van der Waals surface area contributed by atoms with E-state index in [1.54, 1.807) is 17.1 Å². The molecule has 1 aliphatic heterocycles. The van der Waals surface area contributed by atoms with Crippen LogP contribution in [0.4, 0.5) is 10.1 Å². The van der Waals surface area contributed by atoms with Crippen molar-refractivity contribution in [1.29, 1.82) is 5.26 Å². The number of carbonyl (C=O) groups is 2. The molecule has 0 bridgehead atoms. The number of imidazole rings is 1. The van der Waals surface area contributed by atoms with E-state index in [0.717, 1.165) is 5.56 Å². The number of alkyl halides is 1. The molecule has 0 aromatic carbocycles. The first-order valence-electron chi connectivity index (χ1n) is 12.1. The summed E-state index contributed by atoms with van der Waals surface area (Å²) in [5, 5.41) is 21.1. The van der Waals surface area contributed by atoms with Crippen molar-refractivity contribution in [1.82, 2.24) is 29.3 Å². The van der Waals surface area contributed by atoms with Gasteiger partial charge in [0.25, 0.3) is 5.91 Å². The molecule has 3 aromatic heterocycles. The molecule has 11 nitrogen and oxygen atoms in total. The minimum absolute atomic E-state index is 0.118. The topological polar surface area (TPSA) is 147 Å². The van der Waals surface area contributed by atoms with Gasteiger partial charge in [0, 0.05) is 37.3 Å². The number of nitrogens with two attached hydrogens (primary N) is 1. The summed E-state index contributed by atoms with van der Waals surface area (Å²) < 4.78 is 17.2. The Balaban J connectivity index is 0.00000148. The summed E-state index contributed by atoms with van der Waals surface area (Å²) in [4.78, 5) is 31.2. The second kappa shape index (κ2) is 9.93. The lowest BCUT2D eigenvalue weighted by Crippen LogP contribution is -2.36. The fourth-order valence-corrected chi connectivity index (χ4v) is 4.42. The Morgan fingerprint density at radius 3 is 2.58 bits per heavy atom. The van der Waals surface area contributed by atoms with Gasteiger partial charge in [-0.25, -0.2) is 9.50 Å². The lowest BCUT2D eigenvalue weighted by Gasteiger charge is -2.21. The summed E-state index contributed by atoms with van der Waals surface area (Å²) in [6.07, 6.45) is 7.65. The Morgan fingerprint density at radius 1 is 1.25 bits per heavy atom. The fourth-order valence-electron chi connectivity index (χ4n) is 4.42. The number of halogens is 1. The van der Waals surface area contributed by atoms with Crippen molar-refractivity contribution in [2.45, 2.75) is 46.2 Å². The molecule has 190 valence electrons. The molecule has 5 rings (SSSR count). The maximum atomic E-state index is 13.9. The molecule has 1 aliphatic carbocycles. The van der Waals surface area contributed by atoms with E-state index in [4.69, 9.17) is 5.73 Å². The summed E-state index contributed by atoms with van der Waals surface area (Å²) in [6.45, 7) is 6.42. The molecule has 2 fully saturated rings. The summed E-state index contributed by atoms with van der Waals surface area (Å²) in [7, 11) is 0. The molecule has 0 radical (unpaired) electrons. The predicted octanol–water partition coefficient (Wildman–Crippen LogP) is 2.25. The van der Waals surface area contributed by atoms with Crippen LogP contribution in [0, 0.1) is 22.7 Å². The summed E-state index contributed by atoms with van der Waals surface area (Å²) in [5.74, 6) is -1.47. The van der Waals surface area contributed by atoms with Crippen LogP contribution in [0.25, 0.3) is 16.9 Å². The van der Waals surface area contributed by atoms with Crippen LogP contribution >= 0.6 is 0 Å². The molecule has 36 heavy (non-hydrogen) atoms. The molecule has 0 unspecified atom stereocenters. The highest BCUT2D eigenvalue weighted by Gasteiger charge is 2.54. The predicted molar refractivity (Wildman–Crippen MR) is 130 cm³/mol. The highest BCUT2D eigenvalue weighted by molar-refractivity contribution is 6.01. The summed E-state index contributed by atoms with van der Waals surface area (Å²) in [5.41, 5.74) is 6.82. The molecule has 0 spiro atoms. The van der Waals surface area contributed by atoms with Crippen molar-refractivity contribution in [3.8, 4) is 17.3 Å². The smallest absolute Gasteiger partial charge is 0.252 e. The van der Waals surface area contributed by atoms with E-state index >= 15 is 0 Å². The van der Waals surface area contributed by atoms with Gasteiger partial charge in [-0.15, -0.1) is 0 Å². The highest BCUT2D eigenvalue weighted by Crippen LogP contribution is 2.47. The molecule has 2 atom stereocenters. The molecule has 2 amide bonds. The first kappa shape index (κ1) is 25.1. The van der Waals surface area contributed by atoms with E-state index in [-0.39, 0.29) is 24.6 Å². The van der Waals surface area contributed by atoms with Crippen LogP contribution in [0.1, 0.15) is 44.0 Å². The van der Waals surface area contributed by atoms with Crippen LogP contribution in [-0.4, -0.2) is 66.9 Å². The molecular weight excluding hydrogens is 465 g/mol. The van der Waals surface area contributed by atoms with Crippen molar-refractivity contribution >= 4 is 23.1 Å². The zero-order valence-electron chi connectivity index (χ0n) is 20.6. The quantitative estimate of drug-likeness (QED) is 0.511. The molecular formula is C24H30FN9O2. The third-order valence-electron chi connectivity index (χ3n) is 6.64. The molecule has 3 N–H and O–H groups in total. The van der Waals surface area contributed by atoms with Gasteiger partial charge in [-0.3, -0.25) is 18.7 Å². The average Bonchev–Trinajstić information content (AvgIpc) is 3.22. The maximum Gasteiger partial charge on any atom is 0.252 e. The number of rotatable bonds is 7. The number of anilines is 1. The van der Waals surface area contributed by atoms with Gasteiger partial charge in [-0.05, 0) is 19.8 Å². The molecule has 2 aliphatic rings. The van der Waals surface area contributed by atoms with Gasteiger partial charge >= 0.3 is 0 Å². The number of carbonyl (C=O) groups excluding carboxylic acids is 2. The second-order valence-electron chi connectivity index (χ2n) is 8.85. The number of nitrogens with one attached hydrogen (secondary N) is 1. The van der Waals surface area contributed by atoms with Gasteiger partial charge in [0.2, 0.25) is 5.91 Å². The lowest BCUT2D eigenvalue weighted by molar-refractivity contribution is -0.134. The third kappa shape index (κ3) is 4.36. The van der Waals surface area contributed by atoms with Crippen LogP contribution in [-0.2, 0) is 11.3 Å². The Bertz CT molecular complexity index is 1320. The number of nitrogens with zero attached hydrogens (tertiary/aromatic N) is 7. The number of amides is 2. The minimum Gasteiger partial charge on any atom is -0.376 e. The Labute approximate surface area is 208 Å². The number of aromatic nitrogens is 5. The van der Waals surface area contributed by atoms with Crippen LogP contribution < -0.4 is 11.1 Å². The first-order chi connectivity index (χ1) is 17.4. The van der Waals surface area contributed by atoms with Gasteiger partial charge < -0.3 is 16.0 Å². The van der Waals surface area contributed by atoms with Crippen LogP contribution in [0.5, 0.6) is 0 Å². The van der Waals surface area contributed by atoms with Crippen molar-refractivity contribution in [2.24, 2.45) is 17.1 Å². The maximum absolute atomic E-state index is 13.9. The number of hydrogen-bond donors (Lipinski definition) is 2. The number of fused-ring (bicyclic) bond motifs is 1. The number of nitriles is 1. The first-order valence-corrected chi connectivity index (χ1v) is 12.1. The standard InChI is InChI=1S/C22H24FN9O2.C2H6/c1-2-31-9-14(6-26-31)17-11-32-20(29-17)18(15(7-27-32)19(25)33)28-16-10-30(8-13(16)5-23)21(34)22(12-24)3-4-22;1-2/h6-7,9,11,13,16,28H,2-5,8,10H2,1H3,(H2,25,33);1-2H3/t13-,16+;/m0./s1. The normalized spacial score (nSPS) is 19.9. The number of primary amides is 1. The van der Waals surface area contributed by atoms with E-state index < -0.39 is 30.0 Å². The SMILES string of the molecule is CC.CCn1cc(-c2cn3ncc(C(N)=O)c(N[C@@H]4CN(C(=O)C5(C#N)CC5)C[C@@H]4CF)c3n2)cn1. The molecule has 4 heterocycles. The van der Waals surface area contributed by atoms with Crippen molar-refractivity contribution < 1.29 is 14.0 Å². The summed E-state index contributed by atoms with van der Waals surface area (Å²) >= 11 is 0. The minimum atomic E-state index is -0.973. The van der Waals surface area contributed by atoms with E-state index in [2.05, 4.69) is 26.6 Å². The van der Waals surface area contributed by atoms with Crippen LogP contribution in [0.15, 0.2) is 24.8 Å². The molecule has 3 aromatic rings. The van der Waals surface area contributed by atoms with Gasteiger partial charge in [-0.2, -0.15) is 15.5 Å². The number of likely N-dealkylation sites (tertiary alicyclic amines) is 1. The van der Waals surface area contributed by atoms with Gasteiger partial charge in [0.1, 0.15) is 5.41 Å².